The summed E-state index contributed by atoms with van der Waals surface area (Å²) in [6, 6.07) is 10.4. The van der Waals surface area contributed by atoms with E-state index in [1.54, 1.807) is 6.20 Å². The number of hydrogen-bond donors (Lipinski definition) is 1. The summed E-state index contributed by atoms with van der Waals surface area (Å²) >= 11 is 0. The van der Waals surface area contributed by atoms with Crippen molar-refractivity contribution >= 4 is 22.5 Å². The molecule has 3 rings (SSSR count). The van der Waals surface area contributed by atoms with Gasteiger partial charge in [-0.05, 0) is 52.3 Å². The quantitative estimate of drug-likeness (QED) is 0.940. The predicted octanol–water partition coefficient (Wildman–Crippen LogP) is 3.68. The summed E-state index contributed by atoms with van der Waals surface area (Å²) in [5.41, 5.74) is 1.38. The molecule has 0 bridgehead atoms. The second kappa shape index (κ2) is 6.28. The van der Waals surface area contributed by atoms with Crippen molar-refractivity contribution in [3.8, 4) is 0 Å². The lowest BCUT2D eigenvalue weighted by molar-refractivity contribution is -0.128. The monoisotopic (exact) mass is 311 g/mol. The molecule has 1 aliphatic heterocycles. The van der Waals surface area contributed by atoms with Crippen LogP contribution in [0.25, 0.3) is 10.9 Å². The lowest BCUT2D eigenvalue weighted by Crippen LogP contribution is -2.50. The Balaban J connectivity index is 1.76. The van der Waals surface area contributed by atoms with Gasteiger partial charge in [-0.3, -0.25) is 14.7 Å². The smallest absolute Gasteiger partial charge is 0.231 e. The van der Waals surface area contributed by atoms with Crippen LogP contribution in [0.5, 0.6) is 0 Å². The molecule has 1 amide bonds. The van der Waals surface area contributed by atoms with E-state index in [2.05, 4.69) is 36.0 Å². The minimum absolute atomic E-state index is 0.0972. The molecule has 1 N–H and O–H groups in total. The number of nitrogens with zero attached hydrogens (tertiary/aromatic N) is 2. The number of pyridine rings is 1. The van der Waals surface area contributed by atoms with Crippen LogP contribution >= 0.6 is 0 Å². The van der Waals surface area contributed by atoms with E-state index < -0.39 is 0 Å². The number of rotatable bonds is 3. The summed E-state index contributed by atoms with van der Waals surface area (Å²) < 4.78 is 0. The summed E-state index contributed by atoms with van der Waals surface area (Å²) in [6.07, 6.45) is 3.74. The molecule has 1 saturated heterocycles. The zero-order valence-electron chi connectivity index (χ0n) is 14.2. The summed E-state index contributed by atoms with van der Waals surface area (Å²) in [6.45, 7) is 8.36. The number of likely N-dealkylation sites (tertiary alicyclic amines) is 1. The highest BCUT2D eigenvalue weighted by Crippen LogP contribution is 2.32. The number of benzene rings is 1. The summed E-state index contributed by atoms with van der Waals surface area (Å²) in [4.78, 5) is 19.6. The lowest BCUT2D eigenvalue weighted by Gasteiger charge is -2.41. The van der Waals surface area contributed by atoms with Gasteiger partial charge < -0.3 is 5.32 Å². The van der Waals surface area contributed by atoms with Crippen LogP contribution in [0.3, 0.4) is 0 Å². The lowest BCUT2D eigenvalue weighted by atomic mass is 9.80. The zero-order valence-corrected chi connectivity index (χ0v) is 14.2. The fourth-order valence-corrected chi connectivity index (χ4v) is 3.33. The molecule has 4 heteroatoms. The van der Waals surface area contributed by atoms with Gasteiger partial charge in [0.05, 0.1) is 22.8 Å². The predicted molar refractivity (Wildman–Crippen MR) is 94.4 cm³/mol. The summed E-state index contributed by atoms with van der Waals surface area (Å²) in [7, 11) is 0. The Labute approximate surface area is 137 Å². The molecule has 2 aromatic rings. The van der Waals surface area contributed by atoms with Crippen LogP contribution in [-0.4, -0.2) is 34.9 Å². The molecule has 0 aliphatic carbocycles. The normalized spacial score (nSPS) is 22.4. The SMILES string of the molecule is CC(C)N1CCCC(C)(C(=O)Nc2cnc3ccccc3c2)C1. The van der Waals surface area contributed by atoms with Crippen molar-refractivity contribution in [1.82, 2.24) is 9.88 Å². The van der Waals surface area contributed by atoms with Gasteiger partial charge in [0.25, 0.3) is 0 Å². The van der Waals surface area contributed by atoms with Gasteiger partial charge in [0.1, 0.15) is 0 Å². The average Bonchev–Trinajstić information content (AvgIpc) is 2.54. The maximum absolute atomic E-state index is 12.8. The number of carbonyl (C=O) groups excluding carboxylic acids is 1. The Hall–Kier alpha value is -1.94. The van der Waals surface area contributed by atoms with Crippen molar-refractivity contribution in [2.24, 2.45) is 5.41 Å². The van der Waals surface area contributed by atoms with E-state index >= 15 is 0 Å². The van der Waals surface area contributed by atoms with Crippen LogP contribution < -0.4 is 5.32 Å². The van der Waals surface area contributed by atoms with Crippen LogP contribution in [0, 0.1) is 5.41 Å². The number of para-hydroxylation sites is 1. The van der Waals surface area contributed by atoms with Crippen molar-refractivity contribution in [3.63, 3.8) is 0 Å². The number of piperidine rings is 1. The van der Waals surface area contributed by atoms with Gasteiger partial charge in [-0.2, -0.15) is 0 Å². The number of fused-ring (bicyclic) bond motifs is 1. The molecule has 1 unspecified atom stereocenters. The van der Waals surface area contributed by atoms with Crippen LogP contribution in [0.4, 0.5) is 5.69 Å². The number of amides is 1. The molecule has 1 aromatic heterocycles. The molecule has 0 spiro atoms. The van der Waals surface area contributed by atoms with Crippen molar-refractivity contribution in [2.45, 2.75) is 39.7 Å². The van der Waals surface area contributed by atoms with E-state index in [0.29, 0.717) is 6.04 Å². The number of nitrogens with one attached hydrogen (secondary N) is 1. The summed E-state index contributed by atoms with van der Waals surface area (Å²) in [5.74, 6) is 0.0972. The van der Waals surface area contributed by atoms with Crippen molar-refractivity contribution in [3.05, 3.63) is 36.5 Å². The number of hydrogen-bond acceptors (Lipinski definition) is 3. The van der Waals surface area contributed by atoms with E-state index in [9.17, 15) is 4.79 Å². The molecule has 1 atom stereocenters. The maximum Gasteiger partial charge on any atom is 0.231 e. The van der Waals surface area contributed by atoms with Crippen molar-refractivity contribution in [1.29, 1.82) is 0 Å². The van der Waals surface area contributed by atoms with E-state index in [4.69, 9.17) is 0 Å². The number of anilines is 1. The fraction of sp³-hybridized carbons (Fsp3) is 0.474. The second-order valence-corrected chi connectivity index (χ2v) is 7.10. The second-order valence-electron chi connectivity index (χ2n) is 7.10. The molecule has 1 aromatic carbocycles. The Morgan fingerprint density at radius 2 is 2.13 bits per heavy atom. The minimum Gasteiger partial charge on any atom is -0.324 e. The topological polar surface area (TPSA) is 45.2 Å². The van der Waals surface area contributed by atoms with Gasteiger partial charge in [-0.1, -0.05) is 18.2 Å². The number of carbonyl (C=O) groups is 1. The van der Waals surface area contributed by atoms with Gasteiger partial charge in [-0.15, -0.1) is 0 Å². The van der Waals surface area contributed by atoms with E-state index in [1.807, 2.05) is 30.3 Å². The average molecular weight is 311 g/mol. The van der Waals surface area contributed by atoms with Crippen LogP contribution in [0.1, 0.15) is 33.6 Å². The highest BCUT2D eigenvalue weighted by Gasteiger charge is 2.38. The molecule has 1 fully saturated rings. The Bertz CT molecular complexity index is 713. The fourth-order valence-electron chi connectivity index (χ4n) is 3.33. The van der Waals surface area contributed by atoms with E-state index in [1.165, 1.54) is 0 Å². The van der Waals surface area contributed by atoms with Gasteiger partial charge in [0, 0.05) is 18.0 Å². The highest BCUT2D eigenvalue weighted by molar-refractivity contribution is 5.96. The molecule has 23 heavy (non-hydrogen) atoms. The molecule has 122 valence electrons. The molecule has 0 radical (unpaired) electrons. The van der Waals surface area contributed by atoms with E-state index in [0.717, 1.165) is 42.5 Å². The summed E-state index contributed by atoms with van der Waals surface area (Å²) in [5, 5.41) is 4.12. The third-order valence-corrected chi connectivity index (χ3v) is 4.85. The van der Waals surface area contributed by atoms with Gasteiger partial charge in [0.2, 0.25) is 5.91 Å². The third kappa shape index (κ3) is 3.37. The standard InChI is InChI=1S/C19H25N3O/c1-14(2)22-10-6-9-19(3,13-22)18(23)21-16-11-15-7-4-5-8-17(15)20-12-16/h4-5,7-8,11-12,14H,6,9-10,13H2,1-3H3,(H,21,23). The van der Waals surface area contributed by atoms with Gasteiger partial charge >= 0.3 is 0 Å². The molecule has 4 nitrogen and oxygen atoms in total. The minimum atomic E-state index is -0.339. The first-order valence-electron chi connectivity index (χ1n) is 8.38. The van der Waals surface area contributed by atoms with Gasteiger partial charge in [0.15, 0.2) is 0 Å². The van der Waals surface area contributed by atoms with Crippen molar-refractivity contribution in [2.75, 3.05) is 18.4 Å². The van der Waals surface area contributed by atoms with Crippen molar-refractivity contribution < 1.29 is 4.79 Å². The largest absolute Gasteiger partial charge is 0.324 e. The van der Waals surface area contributed by atoms with Crippen LogP contribution in [0.2, 0.25) is 0 Å². The van der Waals surface area contributed by atoms with Gasteiger partial charge in [-0.25, -0.2) is 0 Å². The molecule has 1 aliphatic rings. The highest BCUT2D eigenvalue weighted by atomic mass is 16.2. The molecular formula is C19H25N3O. The Kier molecular flexibility index (Phi) is 4.35. The first-order valence-corrected chi connectivity index (χ1v) is 8.38. The maximum atomic E-state index is 12.8. The Morgan fingerprint density at radius 1 is 1.35 bits per heavy atom. The Morgan fingerprint density at radius 3 is 2.91 bits per heavy atom. The molecule has 2 heterocycles. The van der Waals surface area contributed by atoms with Crippen LogP contribution in [-0.2, 0) is 4.79 Å². The first kappa shape index (κ1) is 15.9. The molecule has 0 saturated carbocycles. The third-order valence-electron chi connectivity index (χ3n) is 4.85. The first-order chi connectivity index (χ1) is 11.0. The number of aromatic nitrogens is 1. The van der Waals surface area contributed by atoms with E-state index in [-0.39, 0.29) is 11.3 Å². The van der Waals surface area contributed by atoms with Crippen LogP contribution in [0.15, 0.2) is 36.5 Å². The molecular weight excluding hydrogens is 286 g/mol. The zero-order chi connectivity index (χ0) is 16.4.